The van der Waals surface area contributed by atoms with Crippen LogP contribution in [0.1, 0.15) is 23.2 Å². The van der Waals surface area contributed by atoms with Crippen LogP contribution in [0.3, 0.4) is 0 Å². The predicted octanol–water partition coefficient (Wildman–Crippen LogP) is 1.87. The van der Waals surface area contributed by atoms with Crippen LogP contribution in [0.5, 0.6) is 0 Å². The summed E-state index contributed by atoms with van der Waals surface area (Å²) in [7, 11) is 1.91. The topological polar surface area (TPSA) is 60.7 Å². The minimum absolute atomic E-state index is 0.0314. The van der Waals surface area contributed by atoms with Crippen LogP contribution in [0.4, 0.5) is 0 Å². The molecule has 0 aliphatic heterocycles. The fourth-order valence-corrected chi connectivity index (χ4v) is 2.03. The van der Waals surface area contributed by atoms with Crippen molar-refractivity contribution in [1.29, 1.82) is 0 Å². The number of carbonyl (C=O) groups excluding carboxylic acids is 1. The molecule has 0 aromatic carbocycles. The summed E-state index contributed by atoms with van der Waals surface area (Å²) in [5, 5.41) is 8.83. The highest BCUT2D eigenvalue weighted by Gasteiger charge is 2.07. The lowest BCUT2D eigenvalue weighted by atomic mass is 10.3. The zero-order valence-electron chi connectivity index (χ0n) is 9.84. The van der Waals surface area contributed by atoms with Crippen molar-refractivity contribution in [1.82, 2.24) is 19.7 Å². The summed E-state index contributed by atoms with van der Waals surface area (Å²) in [6, 6.07) is 3.58. The van der Waals surface area contributed by atoms with E-state index in [1.165, 1.54) is 18.7 Å². The molecule has 5 nitrogen and oxygen atoms in total. The SMILES string of the molecule is CC(=O)c1ccc(Sc2nnc(C)n2C)cn1. The largest absolute Gasteiger partial charge is 0.309 e. The molecule has 0 aliphatic carbocycles. The summed E-state index contributed by atoms with van der Waals surface area (Å²) in [6.07, 6.45) is 1.67. The van der Waals surface area contributed by atoms with Gasteiger partial charge < -0.3 is 4.57 Å². The molecule has 6 heteroatoms. The van der Waals surface area contributed by atoms with E-state index in [0.717, 1.165) is 15.9 Å². The van der Waals surface area contributed by atoms with Gasteiger partial charge in [-0.05, 0) is 30.8 Å². The molecule has 88 valence electrons. The maximum absolute atomic E-state index is 11.1. The van der Waals surface area contributed by atoms with Crippen LogP contribution in [-0.4, -0.2) is 25.5 Å². The van der Waals surface area contributed by atoms with Gasteiger partial charge in [0, 0.05) is 25.1 Å². The van der Waals surface area contributed by atoms with Crippen LogP contribution in [0, 0.1) is 6.92 Å². The molecule has 0 unspecified atom stereocenters. The Hall–Kier alpha value is -1.69. The number of aryl methyl sites for hydroxylation is 1. The van der Waals surface area contributed by atoms with Gasteiger partial charge in [0.25, 0.3) is 0 Å². The number of aromatic nitrogens is 4. The number of pyridine rings is 1. The Labute approximate surface area is 103 Å². The van der Waals surface area contributed by atoms with Gasteiger partial charge in [0.2, 0.25) is 0 Å². The quantitative estimate of drug-likeness (QED) is 0.776. The van der Waals surface area contributed by atoms with Crippen molar-refractivity contribution >= 4 is 17.5 Å². The molecule has 2 heterocycles. The molecular formula is C11H12N4OS. The van der Waals surface area contributed by atoms with Crippen LogP contribution in [0.2, 0.25) is 0 Å². The molecule has 0 amide bonds. The Kier molecular flexibility index (Phi) is 3.23. The van der Waals surface area contributed by atoms with Gasteiger partial charge >= 0.3 is 0 Å². The van der Waals surface area contributed by atoms with Gasteiger partial charge in [0.15, 0.2) is 10.9 Å². The van der Waals surface area contributed by atoms with E-state index in [4.69, 9.17) is 0 Å². The molecule has 0 bridgehead atoms. The summed E-state index contributed by atoms with van der Waals surface area (Å²) in [5.41, 5.74) is 0.475. The van der Waals surface area contributed by atoms with E-state index in [0.29, 0.717) is 5.69 Å². The van der Waals surface area contributed by atoms with Crippen molar-refractivity contribution in [3.05, 3.63) is 29.8 Å². The Morgan fingerprint density at radius 1 is 1.35 bits per heavy atom. The molecule has 2 aromatic heterocycles. The minimum atomic E-state index is -0.0314. The van der Waals surface area contributed by atoms with Gasteiger partial charge in [-0.25, -0.2) is 0 Å². The van der Waals surface area contributed by atoms with Gasteiger partial charge in [-0.2, -0.15) is 0 Å². The van der Waals surface area contributed by atoms with Gasteiger partial charge in [-0.3, -0.25) is 9.78 Å². The second-order valence-corrected chi connectivity index (χ2v) is 4.67. The van der Waals surface area contributed by atoms with Crippen molar-refractivity contribution in [3.8, 4) is 0 Å². The van der Waals surface area contributed by atoms with Gasteiger partial charge in [0.1, 0.15) is 11.5 Å². The lowest BCUT2D eigenvalue weighted by Crippen LogP contribution is -1.96. The van der Waals surface area contributed by atoms with E-state index in [-0.39, 0.29) is 5.78 Å². The first-order valence-electron chi connectivity index (χ1n) is 5.09. The first-order chi connectivity index (χ1) is 8.08. The highest BCUT2D eigenvalue weighted by atomic mass is 32.2. The van der Waals surface area contributed by atoms with Crippen LogP contribution in [0.15, 0.2) is 28.4 Å². The number of carbonyl (C=O) groups is 1. The van der Waals surface area contributed by atoms with E-state index in [2.05, 4.69) is 15.2 Å². The smallest absolute Gasteiger partial charge is 0.195 e. The zero-order chi connectivity index (χ0) is 12.4. The van der Waals surface area contributed by atoms with Crippen LogP contribution < -0.4 is 0 Å². The molecule has 2 rings (SSSR count). The monoisotopic (exact) mass is 248 g/mol. The molecule has 0 atom stereocenters. The molecule has 0 fully saturated rings. The summed E-state index contributed by atoms with van der Waals surface area (Å²) in [4.78, 5) is 16.1. The maximum Gasteiger partial charge on any atom is 0.195 e. The molecule has 0 spiro atoms. The number of ketones is 1. The molecular weight excluding hydrogens is 236 g/mol. The van der Waals surface area contributed by atoms with E-state index in [1.807, 2.05) is 24.6 Å². The van der Waals surface area contributed by atoms with Crippen molar-refractivity contribution < 1.29 is 4.79 Å². The van der Waals surface area contributed by atoms with Crippen molar-refractivity contribution in [2.75, 3.05) is 0 Å². The van der Waals surface area contributed by atoms with Crippen molar-refractivity contribution in [2.24, 2.45) is 7.05 Å². The predicted molar refractivity (Wildman–Crippen MR) is 64.1 cm³/mol. The molecule has 2 aromatic rings. The normalized spacial score (nSPS) is 10.5. The fraction of sp³-hybridized carbons (Fsp3) is 0.273. The molecule has 17 heavy (non-hydrogen) atoms. The second-order valence-electron chi connectivity index (χ2n) is 3.63. The number of nitrogens with zero attached hydrogens (tertiary/aromatic N) is 4. The Morgan fingerprint density at radius 2 is 2.12 bits per heavy atom. The number of rotatable bonds is 3. The third-order valence-electron chi connectivity index (χ3n) is 2.36. The maximum atomic E-state index is 11.1. The van der Waals surface area contributed by atoms with Crippen LogP contribution in [0.25, 0.3) is 0 Å². The van der Waals surface area contributed by atoms with Gasteiger partial charge in [-0.15, -0.1) is 10.2 Å². The second kappa shape index (κ2) is 4.67. The Balaban J connectivity index is 2.19. The third-order valence-corrected chi connectivity index (χ3v) is 3.37. The zero-order valence-corrected chi connectivity index (χ0v) is 10.7. The lowest BCUT2D eigenvalue weighted by Gasteiger charge is -2.01. The molecule has 0 saturated carbocycles. The average molecular weight is 248 g/mol. The van der Waals surface area contributed by atoms with E-state index < -0.39 is 0 Å². The highest BCUT2D eigenvalue weighted by molar-refractivity contribution is 7.99. The summed E-state index contributed by atoms with van der Waals surface area (Å²) >= 11 is 1.47. The number of hydrogen-bond acceptors (Lipinski definition) is 5. The van der Waals surface area contributed by atoms with Crippen molar-refractivity contribution in [3.63, 3.8) is 0 Å². The van der Waals surface area contributed by atoms with Crippen LogP contribution >= 0.6 is 11.8 Å². The minimum Gasteiger partial charge on any atom is -0.309 e. The van der Waals surface area contributed by atoms with E-state index in [1.54, 1.807) is 12.3 Å². The highest BCUT2D eigenvalue weighted by Crippen LogP contribution is 2.25. The molecule has 0 saturated heterocycles. The van der Waals surface area contributed by atoms with E-state index in [9.17, 15) is 4.79 Å². The average Bonchev–Trinajstić information content (AvgIpc) is 2.62. The van der Waals surface area contributed by atoms with Gasteiger partial charge in [0.05, 0.1) is 0 Å². The third kappa shape index (κ3) is 2.52. The summed E-state index contributed by atoms with van der Waals surface area (Å²) in [5.74, 6) is 0.830. The molecule has 0 aliphatic rings. The standard InChI is InChI=1S/C11H12N4OS/c1-7(16)10-5-4-9(6-12-10)17-11-14-13-8(2)15(11)3/h4-6H,1-3H3. The fourth-order valence-electron chi connectivity index (χ4n) is 1.23. The van der Waals surface area contributed by atoms with E-state index >= 15 is 0 Å². The summed E-state index contributed by atoms with van der Waals surface area (Å²) < 4.78 is 1.91. The lowest BCUT2D eigenvalue weighted by molar-refractivity contribution is 0.101. The van der Waals surface area contributed by atoms with Gasteiger partial charge in [-0.1, -0.05) is 0 Å². The first-order valence-corrected chi connectivity index (χ1v) is 5.90. The molecule has 0 N–H and O–H groups in total. The van der Waals surface area contributed by atoms with Crippen LogP contribution in [-0.2, 0) is 7.05 Å². The molecule has 0 radical (unpaired) electrons. The summed E-state index contributed by atoms with van der Waals surface area (Å²) in [6.45, 7) is 3.40. The first kappa shape index (κ1) is 11.8. The van der Waals surface area contributed by atoms with Crippen molar-refractivity contribution in [2.45, 2.75) is 23.9 Å². The Bertz CT molecular complexity index is 547. The number of hydrogen-bond donors (Lipinski definition) is 0. The Morgan fingerprint density at radius 3 is 2.59 bits per heavy atom. The number of Topliss-reactive ketones (excluding diaryl/α,β-unsaturated/α-hetero) is 1.